The van der Waals surface area contributed by atoms with Crippen LogP contribution in [0.5, 0.6) is 0 Å². The molecular weight excluding hydrogens is 266 g/mol. The van der Waals surface area contributed by atoms with Crippen LogP contribution in [0.4, 0.5) is 5.69 Å². The highest BCUT2D eigenvalue weighted by Gasteiger charge is 2.09. The smallest absolute Gasteiger partial charge is 0.0795 e. The van der Waals surface area contributed by atoms with E-state index in [9.17, 15) is 0 Å². The summed E-state index contributed by atoms with van der Waals surface area (Å²) in [7, 11) is 2.01. The van der Waals surface area contributed by atoms with E-state index < -0.39 is 0 Å². The number of thiazole rings is 1. The maximum absolute atomic E-state index is 6.29. The number of benzene rings is 1. The first-order chi connectivity index (χ1) is 8.58. The normalized spacial score (nSPS) is 12.4. The van der Waals surface area contributed by atoms with Crippen molar-refractivity contribution >= 4 is 28.6 Å². The van der Waals surface area contributed by atoms with E-state index >= 15 is 0 Å². The first-order valence-electron chi connectivity index (χ1n) is 5.71. The summed E-state index contributed by atoms with van der Waals surface area (Å²) >= 11 is 7.89. The average Bonchev–Trinajstić information content (AvgIpc) is 2.81. The lowest BCUT2D eigenvalue weighted by molar-refractivity contribution is 0.816. The lowest BCUT2D eigenvalue weighted by Crippen LogP contribution is -2.17. The van der Waals surface area contributed by atoms with Crippen LogP contribution in [-0.4, -0.2) is 12.0 Å². The maximum Gasteiger partial charge on any atom is 0.0795 e. The monoisotopic (exact) mass is 281 g/mol. The Morgan fingerprint density at radius 2 is 2.28 bits per heavy atom. The molecule has 0 fully saturated rings. The van der Waals surface area contributed by atoms with Crippen molar-refractivity contribution in [2.75, 3.05) is 11.9 Å². The number of rotatable bonds is 4. The fraction of sp³-hybridized carbons (Fsp3) is 0.308. The third-order valence-electron chi connectivity index (χ3n) is 2.79. The third-order valence-corrected chi connectivity index (χ3v) is 3.73. The van der Waals surface area contributed by atoms with Crippen molar-refractivity contribution in [2.24, 2.45) is 5.73 Å². The number of anilines is 1. The maximum atomic E-state index is 6.29. The molecule has 18 heavy (non-hydrogen) atoms. The van der Waals surface area contributed by atoms with Crippen molar-refractivity contribution in [3.8, 4) is 0 Å². The Labute approximate surface area is 116 Å². The summed E-state index contributed by atoms with van der Waals surface area (Å²) in [6.45, 7) is 2.70. The van der Waals surface area contributed by atoms with Crippen LogP contribution >= 0.6 is 22.9 Å². The third kappa shape index (κ3) is 3.02. The van der Waals surface area contributed by atoms with Gasteiger partial charge in [0.1, 0.15) is 0 Å². The standard InChI is InChI=1S/C13H16ClN3S/c1-9(15)10-3-4-13(12(14)5-10)17(2)6-11-7-18-8-16-11/h3-5,7-9H,6,15H2,1-2H3. The quantitative estimate of drug-likeness (QED) is 0.933. The Morgan fingerprint density at radius 1 is 1.50 bits per heavy atom. The molecule has 1 atom stereocenters. The zero-order valence-electron chi connectivity index (χ0n) is 10.4. The second kappa shape index (κ2) is 5.69. The first-order valence-corrected chi connectivity index (χ1v) is 7.03. The van der Waals surface area contributed by atoms with Crippen molar-refractivity contribution in [3.05, 3.63) is 45.4 Å². The molecule has 0 saturated heterocycles. The van der Waals surface area contributed by atoms with Crippen LogP contribution in [0.25, 0.3) is 0 Å². The molecule has 1 unspecified atom stereocenters. The van der Waals surface area contributed by atoms with Gasteiger partial charge in [-0.15, -0.1) is 11.3 Å². The molecule has 0 amide bonds. The van der Waals surface area contributed by atoms with Gasteiger partial charge in [-0.1, -0.05) is 17.7 Å². The first kappa shape index (κ1) is 13.3. The van der Waals surface area contributed by atoms with Gasteiger partial charge in [-0.3, -0.25) is 0 Å². The summed E-state index contributed by atoms with van der Waals surface area (Å²) in [5.41, 5.74) is 10.8. The van der Waals surface area contributed by atoms with Gasteiger partial charge in [0.15, 0.2) is 0 Å². The van der Waals surface area contributed by atoms with Crippen molar-refractivity contribution in [2.45, 2.75) is 19.5 Å². The van der Waals surface area contributed by atoms with Crippen LogP contribution in [-0.2, 0) is 6.54 Å². The molecule has 1 heterocycles. The molecule has 96 valence electrons. The van der Waals surface area contributed by atoms with E-state index in [4.69, 9.17) is 17.3 Å². The lowest BCUT2D eigenvalue weighted by atomic mass is 10.1. The fourth-order valence-electron chi connectivity index (χ4n) is 1.76. The molecule has 0 saturated carbocycles. The molecule has 2 rings (SSSR count). The summed E-state index contributed by atoms with van der Waals surface area (Å²) < 4.78 is 0. The molecule has 0 aliphatic carbocycles. The lowest BCUT2D eigenvalue weighted by Gasteiger charge is -2.20. The minimum atomic E-state index is 0.000367. The summed E-state index contributed by atoms with van der Waals surface area (Å²) in [4.78, 5) is 6.36. The predicted octanol–water partition coefficient (Wildman–Crippen LogP) is 3.45. The van der Waals surface area contributed by atoms with Gasteiger partial charge in [0, 0.05) is 18.5 Å². The largest absolute Gasteiger partial charge is 0.367 e. The SMILES string of the molecule is CC(N)c1ccc(N(C)Cc2cscn2)c(Cl)c1. The zero-order valence-corrected chi connectivity index (χ0v) is 12.0. The van der Waals surface area contributed by atoms with Gasteiger partial charge in [0.25, 0.3) is 0 Å². The van der Waals surface area contributed by atoms with E-state index in [2.05, 4.69) is 9.88 Å². The number of halogens is 1. The Morgan fingerprint density at radius 3 is 2.83 bits per heavy atom. The minimum Gasteiger partial charge on any atom is -0.367 e. The molecule has 1 aromatic carbocycles. The van der Waals surface area contributed by atoms with E-state index in [0.29, 0.717) is 0 Å². The number of nitrogens with two attached hydrogens (primary N) is 1. The second-order valence-electron chi connectivity index (χ2n) is 4.34. The van der Waals surface area contributed by atoms with E-state index in [1.807, 2.05) is 43.1 Å². The molecule has 2 N–H and O–H groups in total. The summed E-state index contributed by atoms with van der Waals surface area (Å²) in [6.07, 6.45) is 0. The molecule has 0 spiro atoms. The van der Waals surface area contributed by atoms with Crippen LogP contribution in [0, 0.1) is 0 Å². The molecule has 3 nitrogen and oxygen atoms in total. The topological polar surface area (TPSA) is 42.1 Å². The van der Waals surface area contributed by atoms with E-state index in [-0.39, 0.29) is 6.04 Å². The van der Waals surface area contributed by atoms with Gasteiger partial charge in [0.05, 0.1) is 28.5 Å². The number of aromatic nitrogens is 1. The highest BCUT2D eigenvalue weighted by Crippen LogP contribution is 2.28. The van der Waals surface area contributed by atoms with E-state index in [0.717, 1.165) is 28.5 Å². The van der Waals surface area contributed by atoms with Crippen molar-refractivity contribution in [1.29, 1.82) is 0 Å². The van der Waals surface area contributed by atoms with Crippen molar-refractivity contribution in [3.63, 3.8) is 0 Å². The molecule has 0 bridgehead atoms. The predicted molar refractivity (Wildman–Crippen MR) is 78.3 cm³/mol. The molecule has 0 aliphatic heterocycles. The number of hydrogen-bond acceptors (Lipinski definition) is 4. The molecule has 2 aromatic rings. The molecular formula is C13H16ClN3S. The average molecular weight is 282 g/mol. The molecule has 0 aliphatic rings. The van der Waals surface area contributed by atoms with Crippen LogP contribution in [0.1, 0.15) is 24.2 Å². The van der Waals surface area contributed by atoms with Crippen molar-refractivity contribution < 1.29 is 0 Å². The molecule has 5 heteroatoms. The highest BCUT2D eigenvalue weighted by atomic mass is 35.5. The van der Waals surface area contributed by atoms with Crippen LogP contribution in [0.3, 0.4) is 0 Å². The van der Waals surface area contributed by atoms with Gasteiger partial charge >= 0.3 is 0 Å². The summed E-state index contributed by atoms with van der Waals surface area (Å²) in [6, 6.07) is 5.95. The zero-order chi connectivity index (χ0) is 13.1. The van der Waals surface area contributed by atoms with Gasteiger partial charge in [-0.25, -0.2) is 4.98 Å². The second-order valence-corrected chi connectivity index (χ2v) is 5.46. The summed E-state index contributed by atoms with van der Waals surface area (Å²) in [5.74, 6) is 0. The van der Waals surface area contributed by atoms with Crippen molar-refractivity contribution in [1.82, 2.24) is 4.98 Å². The van der Waals surface area contributed by atoms with Gasteiger partial charge in [-0.2, -0.15) is 0 Å². The van der Waals surface area contributed by atoms with Crippen LogP contribution in [0.2, 0.25) is 5.02 Å². The summed E-state index contributed by atoms with van der Waals surface area (Å²) in [5, 5.41) is 2.77. The fourth-order valence-corrected chi connectivity index (χ4v) is 2.64. The molecule has 0 radical (unpaired) electrons. The minimum absolute atomic E-state index is 0.000367. The van der Waals surface area contributed by atoms with Gasteiger partial charge in [0.2, 0.25) is 0 Å². The van der Waals surface area contributed by atoms with Gasteiger partial charge in [-0.05, 0) is 24.6 Å². The van der Waals surface area contributed by atoms with Gasteiger partial charge < -0.3 is 10.6 Å². The van der Waals surface area contributed by atoms with Crippen LogP contribution < -0.4 is 10.6 Å². The van der Waals surface area contributed by atoms with E-state index in [1.165, 1.54) is 0 Å². The van der Waals surface area contributed by atoms with Crippen LogP contribution in [0.15, 0.2) is 29.1 Å². The Balaban J connectivity index is 2.17. The Kier molecular flexibility index (Phi) is 4.22. The highest BCUT2D eigenvalue weighted by molar-refractivity contribution is 7.07. The number of nitrogens with zero attached hydrogens (tertiary/aromatic N) is 2. The Bertz CT molecular complexity index is 511. The van der Waals surface area contributed by atoms with E-state index in [1.54, 1.807) is 11.3 Å². The number of hydrogen-bond donors (Lipinski definition) is 1. The Hall–Kier alpha value is -1.10. The molecule has 1 aromatic heterocycles.